The van der Waals surface area contributed by atoms with Gasteiger partial charge in [-0.2, -0.15) is 0 Å². The number of aromatic hydroxyl groups is 1. The van der Waals surface area contributed by atoms with Crippen molar-refractivity contribution < 1.29 is 30.3 Å². The summed E-state index contributed by atoms with van der Waals surface area (Å²) in [5, 5.41) is 11.5. The molecule has 2 aromatic heterocycles. The summed E-state index contributed by atoms with van der Waals surface area (Å²) in [5.74, 6) is 0.364. The van der Waals surface area contributed by atoms with E-state index in [0.29, 0.717) is 11.4 Å². The molecule has 0 aliphatic carbocycles. The van der Waals surface area contributed by atoms with Crippen LogP contribution >= 0.6 is 0 Å². The summed E-state index contributed by atoms with van der Waals surface area (Å²) >= 11 is 0. The third-order valence-corrected chi connectivity index (χ3v) is 9.39. The zero-order chi connectivity index (χ0) is 38.8. The van der Waals surface area contributed by atoms with Crippen LogP contribution in [0.5, 0.6) is 5.75 Å². The molecule has 0 saturated carbocycles. The van der Waals surface area contributed by atoms with Gasteiger partial charge in [-0.15, -0.1) is 29.3 Å². The molecule has 4 nitrogen and oxygen atoms in total. The first-order chi connectivity index (χ1) is 24.5. The molecule has 0 aliphatic rings. The molecule has 0 aliphatic heterocycles. The second-order valence-electron chi connectivity index (χ2n) is 16.6. The molecule has 0 unspecified atom stereocenters. The number of rotatable bonds is 5. The van der Waals surface area contributed by atoms with E-state index < -0.39 is 6.85 Å². The van der Waals surface area contributed by atoms with Gasteiger partial charge in [-0.25, -0.2) is 4.98 Å². The Morgan fingerprint density at radius 1 is 0.765 bits per heavy atom. The van der Waals surface area contributed by atoms with Crippen LogP contribution in [0.25, 0.3) is 56.1 Å². The summed E-state index contributed by atoms with van der Waals surface area (Å²) in [4.78, 5) is 10.1. The van der Waals surface area contributed by atoms with Crippen LogP contribution in [-0.2, 0) is 37.3 Å². The van der Waals surface area contributed by atoms with E-state index in [2.05, 4.69) is 128 Å². The number of aryl methyl sites for hydroxylation is 1. The standard InChI is InChI=1S/C46H50N3O.Pt/c1-28(2)30-18-19-47-39(24-30)32-21-31(22-33(23-32)44(4,5)6)37-14-13-15-40-42(37)48-43(38-17-16-29(3)20-41(38)50)49(40)36-26-34(45(7,8)9)25-35(27-36)46(10,11)12;/h13-20,22-27,50H,1H2,2-12H3;/q-1;/i3D3;. The van der Waals surface area contributed by atoms with Crippen molar-refractivity contribution in [2.24, 2.45) is 0 Å². The zero-order valence-electron chi connectivity index (χ0n) is 34.4. The van der Waals surface area contributed by atoms with E-state index in [1.807, 2.05) is 25.3 Å². The van der Waals surface area contributed by atoms with Gasteiger partial charge in [0.25, 0.3) is 0 Å². The molecule has 5 heteroatoms. The van der Waals surface area contributed by atoms with E-state index in [4.69, 9.17) is 14.1 Å². The van der Waals surface area contributed by atoms with Crippen molar-refractivity contribution in [3.05, 3.63) is 126 Å². The van der Waals surface area contributed by atoms with E-state index in [1.54, 1.807) is 12.1 Å². The number of imidazole rings is 1. The van der Waals surface area contributed by atoms with Crippen molar-refractivity contribution in [1.82, 2.24) is 14.5 Å². The molecule has 2 heterocycles. The van der Waals surface area contributed by atoms with Gasteiger partial charge in [0.15, 0.2) is 0 Å². The van der Waals surface area contributed by atoms with Crippen molar-refractivity contribution in [2.75, 3.05) is 0 Å². The van der Waals surface area contributed by atoms with E-state index in [0.717, 1.165) is 55.8 Å². The van der Waals surface area contributed by atoms with Crippen LogP contribution < -0.4 is 0 Å². The Morgan fingerprint density at radius 2 is 1.39 bits per heavy atom. The number of phenolic OH excluding ortho intramolecular Hbond substituents is 1. The van der Waals surface area contributed by atoms with Crippen LogP contribution in [0.15, 0.2) is 91.6 Å². The number of pyridine rings is 1. The number of para-hydroxylation sites is 1. The second-order valence-corrected chi connectivity index (χ2v) is 16.6. The van der Waals surface area contributed by atoms with Gasteiger partial charge in [0.1, 0.15) is 11.6 Å². The minimum Gasteiger partial charge on any atom is -0.507 e. The smallest absolute Gasteiger partial charge is 0.148 e. The third-order valence-electron chi connectivity index (χ3n) is 9.39. The van der Waals surface area contributed by atoms with E-state index in [1.165, 1.54) is 17.2 Å². The van der Waals surface area contributed by atoms with Crippen LogP contribution in [0.3, 0.4) is 0 Å². The minimum absolute atomic E-state index is 0. The molecular formula is C46H50N3OPt-. The molecule has 6 aromatic rings. The Labute approximate surface area is 323 Å². The number of hydrogen-bond acceptors (Lipinski definition) is 3. The number of aromatic nitrogens is 3. The maximum Gasteiger partial charge on any atom is 0.148 e. The SMILES string of the molecule is [2H]C([2H])([2H])c1ccc(-c2nc3c(-c4[c-]c(-c5cc(C(=C)C)ccn5)cc(C(C)(C)C)c4)cccc3n2-c2cc(C(C)(C)C)cc(C(C)(C)C)c2)c(O)c1.[Pt]. The zero-order valence-corrected chi connectivity index (χ0v) is 33.7. The van der Waals surface area contributed by atoms with Gasteiger partial charge in [0, 0.05) is 42.8 Å². The first-order valence-corrected chi connectivity index (χ1v) is 17.2. The number of hydrogen-bond donors (Lipinski definition) is 1. The van der Waals surface area contributed by atoms with Crippen molar-refractivity contribution in [3.63, 3.8) is 0 Å². The molecule has 0 amide bonds. The van der Waals surface area contributed by atoms with Gasteiger partial charge >= 0.3 is 0 Å². The average molecular weight is 859 g/mol. The Morgan fingerprint density at radius 3 is 1.98 bits per heavy atom. The molecule has 6 rings (SSSR count). The summed E-state index contributed by atoms with van der Waals surface area (Å²) in [6.07, 6.45) is 1.81. The Kier molecular flexibility index (Phi) is 9.09. The Balaban J connectivity index is 0.00000561. The summed E-state index contributed by atoms with van der Waals surface area (Å²) < 4.78 is 26.0. The van der Waals surface area contributed by atoms with E-state index >= 15 is 0 Å². The van der Waals surface area contributed by atoms with Gasteiger partial charge in [-0.05, 0) is 88.7 Å². The summed E-state index contributed by atoms with van der Waals surface area (Å²) in [6, 6.07) is 29.4. The molecule has 0 spiro atoms. The number of benzene rings is 4. The number of allylic oxidation sites excluding steroid dienone is 1. The Hall–Kier alpha value is -4.27. The Bertz CT molecular complexity index is 2350. The monoisotopic (exact) mass is 858 g/mol. The average Bonchev–Trinajstić information content (AvgIpc) is 3.46. The van der Waals surface area contributed by atoms with Crippen LogP contribution in [0.4, 0.5) is 0 Å². The molecule has 0 bridgehead atoms. The first kappa shape index (κ1) is 33.8. The molecule has 0 fully saturated rings. The number of phenols is 1. The minimum atomic E-state index is -2.36. The van der Waals surface area contributed by atoms with Gasteiger partial charge in [0.05, 0.1) is 16.6 Å². The fraction of sp³-hybridized carbons (Fsp3) is 0.304. The van der Waals surface area contributed by atoms with Gasteiger partial charge < -0.3 is 5.11 Å². The number of fused-ring (bicyclic) bond motifs is 1. The van der Waals surface area contributed by atoms with E-state index in [9.17, 15) is 5.11 Å². The van der Waals surface area contributed by atoms with Crippen LogP contribution in [0.2, 0.25) is 0 Å². The van der Waals surface area contributed by atoms with Gasteiger partial charge in [-0.1, -0.05) is 116 Å². The van der Waals surface area contributed by atoms with Gasteiger partial charge in [-0.3, -0.25) is 9.55 Å². The summed E-state index contributed by atoms with van der Waals surface area (Å²) in [6.45, 7) is 23.6. The second kappa shape index (κ2) is 13.7. The van der Waals surface area contributed by atoms with Crippen molar-refractivity contribution in [2.45, 2.75) is 92.3 Å². The van der Waals surface area contributed by atoms with Crippen LogP contribution in [-0.4, -0.2) is 19.6 Å². The van der Waals surface area contributed by atoms with Crippen LogP contribution in [0.1, 0.15) is 101 Å². The fourth-order valence-electron chi connectivity index (χ4n) is 6.21. The van der Waals surface area contributed by atoms with E-state index in [-0.39, 0.29) is 48.6 Å². The fourth-order valence-corrected chi connectivity index (χ4v) is 6.21. The van der Waals surface area contributed by atoms with Gasteiger partial charge in [0.2, 0.25) is 0 Å². The molecule has 0 atom stereocenters. The van der Waals surface area contributed by atoms with Crippen molar-refractivity contribution in [3.8, 4) is 45.2 Å². The number of nitrogens with zero attached hydrogens (tertiary/aromatic N) is 3. The molecule has 51 heavy (non-hydrogen) atoms. The molecule has 0 saturated heterocycles. The van der Waals surface area contributed by atoms with Crippen molar-refractivity contribution in [1.29, 1.82) is 0 Å². The predicted octanol–water partition coefficient (Wildman–Crippen LogP) is 12.2. The maximum absolute atomic E-state index is 11.5. The first-order valence-electron chi connectivity index (χ1n) is 18.7. The predicted molar refractivity (Wildman–Crippen MR) is 211 cm³/mol. The van der Waals surface area contributed by atoms with Crippen LogP contribution in [0, 0.1) is 12.9 Å². The molecule has 266 valence electrons. The largest absolute Gasteiger partial charge is 0.507 e. The quantitative estimate of drug-likeness (QED) is 0.176. The maximum atomic E-state index is 11.5. The third kappa shape index (κ3) is 7.68. The summed E-state index contributed by atoms with van der Waals surface area (Å²) in [7, 11) is 0. The topological polar surface area (TPSA) is 50.9 Å². The molecular weight excluding hydrogens is 806 g/mol. The molecule has 0 radical (unpaired) electrons. The molecule has 1 N–H and O–H groups in total. The molecule has 4 aromatic carbocycles. The summed E-state index contributed by atoms with van der Waals surface area (Å²) in [5.41, 5.74) is 11.4. The normalized spacial score (nSPS) is 13.3. The van der Waals surface area contributed by atoms with Crippen molar-refractivity contribution >= 4 is 16.6 Å².